The Morgan fingerprint density at radius 3 is 2.95 bits per heavy atom. The third kappa shape index (κ3) is 3.39. The van der Waals surface area contributed by atoms with Gasteiger partial charge in [0, 0.05) is 31.5 Å². The lowest BCUT2D eigenvalue weighted by molar-refractivity contribution is 0.433. The lowest BCUT2D eigenvalue weighted by atomic mass is 9.99. The minimum Gasteiger partial charge on any atom is -0.349 e. The first-order chi connectivity index (χ1) is 9.63. The van der Waals surface area contributed by atoms with E-state index in [1.165, 1.54) is 6.42 Å². The van der Waals surface area contributed by atoms with Gasteiger partial charge in [0.05, 0.1) is 0 Å². The van der Waals surface area contributed by atoms with Crippen LogP contribution in [0.1, 0.15) is 39.5 Å². The maximum atomic E-state index is 12.6. The van der Waals surface area contributed by atoms with Crippen LogP contribution >= 0.6 is 0 Å². The predicted molar refractivity (Wildman–Crippen MR) is 82.0 cm³/mol. The van der Waals surface area contributed by atoms with Crippen molar-refractivity contribution in [3.8, 4) is 0 Å². The summed E-state index contributed by atoms with van der Waals surface area (Å²) in [4.78, 5) is 19.1. The molecule has 1 atom stereocenters. The van der Waals surface area contributed by atoms with Crippen molar-refractivity contribution >= 4 is 5.82 Å². The molecule has 20 heavy (non-hydrogen) atoms. The van der Waals surface area contributed by atoms with Crippen LogP contribution in [0.4, 0.5) is 5.82 Å². The highest BCUT2D eigenvalue weighted by atomic mass is 16.1. The lowest BCUT2D eigenvalue weighted by Crippen LogP contribution is -2.45. The van der Waals surface area contributed by atoms with Crippen molar-refractivity contribution in [3.05, 3.63) is 22.7 Å². The van der Waals surface area contributed by atoms with Crippen LogP contribution in [-0.2, 0) is 6.54 Å². The van der Waals surface area contributed by atoms with E-state index >= 15 is 0 Å². The number of nitrogens with two attached hydrogens (primary N) is 1. The van der Waals surface area contributed by atoms with E-state index in [4.69, 9.17) is 5.73 Å². The molecular weight excluding hydrogens is 252 g/mol. The van der Waals surface area contributed by atoms with Gasteiger partial charge in [0.25, 0.3) is 5.56 Å². The third-order valence-corrected chi connectivity index (χ3v) is 3.86. The van der Waals surface area contributed by atoms with Crippen molar-refractivity contribution in [1.82, 2.24) is 9.55 Å². The van der Waals surface area contributed by atoms with E-state index < -0.39 is 0 Å². The number of nitrogens with zero attached hydrogens (tertiary/aromatic N) is 3. The number of hydrogen-bond donors (Lipinski definition) is 1. The summed E-state index contributed by atoms with van der Waals surface area (Å²) in [5.74, 6) is 1.05. The summed E-state index contributed by atoms with van der Waals surface area (Å²) >= 11 is 0. The molecular formula is C15H26N4O. The van der Waals surface area contributed by atoms with Crippen LogP contribution in [0.2, 0.25) is 0 Å². The molecule has 0 saturated carbocycles. The van der Waals surface area contributed by atoms with Gasteiger partial charge >= 0.3 is 0 Å². The summed E-state index contributed by atoms with van der Waals surface area (Å²) < 4.78 is 1.78. The van der Waals surface area contributed by atoms with Crippen molar-refractivity contribution in [2.75, 3.05) is 18.0 Å². The average Bonchev–Trinajstić information content (AvgIpc) is 2.42. The molecule has 1 fully saturated rings. The Bertz CT molecular complexity index is 481. The zero-order valence-electron chi connectivity index (χ0n) is 12.6. The van der Waals surface area contributed by atoms with Gasteiger partial charge in [0.15, 0.2) is 5.82 Å². The second kappa shape index (κ2) is 6.88. The Morgan fingerprint density at radius 1 is 1.45 bits per heavy atom. The van der Waals surface area contributed by atoms with Crippen molar-refractivity contribution in [3.63, 3.8) is 0 Å². The summed E-state index contributed by atoms with van der Waals surface area (Å²) in [6.45, 7) is 6.55. The van der Waals surface area contributed by atoms with E-state index in [9.17, 15) is 4.79 Å². The normalized spacial score (nSPS) is 19.6. The van der Waals surface area contributed by atoms with Gasteiger partial charge < -0.3 is 15.2 Å². The second-order valence-electron chi connectivity index (χ2n) is 6.02. The Hall–Kier alpha value is -1.36. The Balaban J connectivity index is 2.28. The van der Waals surface area contributed by atoms with Gasteiger partial charge in [0.2, 0.25) is 0 Å². The molecule has 0 amide bonds. The van der Waals surface area contributed by atoms with Crippen LogP contribution in [0.15, 0.2) is 17.2 Å². The van der Waals surface area contributed by atoms with Crippen molar-refractivity contribution < 1.29 is 0 Å². The van der Waals surface area contributed by atoms with E-state index in [1.54, 1.807) is 17.0 Å². The van der Waals surface area contributed by atoms with E-state index in [1.807, 2.05) is 0 Å². The summed E-state index contributed by atoms with van der Waals surface area (Å²) in [6.07, 6.45) is 7.91. The first-order valence-corrected chi connectivity index (χ1v) is 7.65. The van der Waals surface area contributed by atoms with Crippen LogP contribution < -0.4 is 16.2 Å². The van der Waals surface area contributed by atoms with Crippen molar-refractivity contribution in [2.24, 2.45) is 11.7 Å². The SMILES string of the molecule is CC(C)Cn1ccnc(N2CCCCC2CCN)c1=O. The van der Waals surface area contributed by atoms with Gasteiger partial charge in [-0.05, 0) is 38.1 Å². The first-order valence-electron chi connectivity index (χ1n) is 7.65. The number of hydrogen-bond acceptors (Lipinski definition) is 4. The number of rotatable bonds is 5. The van der Waals surface area contributed by atoms with Crippen LogP contribution in [0.5, 0.6) is 0 Å². The molecule has 2 heterocycles. The van der Waals surface area contributed by atoms with E-state index in [2.05, 4.69) is 23.7 Å². The van der Waals surface area contributed by atoms with Gasteiger partial charge in [-0.2, -0.15) is 0 Å². The van der Waals surface area contributed by atoms with Gasteiger partial charge in [-0.25, -0.2) is 4.98 Å². The molecule has 1 unspecified atom stereocenters. The number of aromatic nitrogens is 2. The molecule has 0 spiro atoms. The standard InChI is InChI=1S/C15H26N4O/c1-12(2)11-18-10-8-17-14(15(18)20)19-9-4-3-5-13(19)6-7-16/h8,10,12-13H,3-7,9,11,16H2,1-2H3. The minimum absolute atomic E-state index is 0.0325. The predicted octanol–water partition coefficient (Wildman–Crippen LogP) is 1.61. The zero-order valence-corrected chi connectivity index (χ0v) is 12.6. The Labute approximate surface area is 120 Å². The molecule has 2 N–H and O–H groups in total. The van der Waals surface area contributed by atoms with E-state index in [-0.39, 0.29) is 5.56 Å². The first kappa shape index (κ1) is 15.0. The fourth-order valence-corrected chi connectivity index (χ4v) is 2.94. The average molecular weight is 278 g/mol. The molecule has 2 rings (SSSR count). The molecule has 1 saturated heterocycles. The van der Waals surface area contributed by atoms with Gasteiger partial charge in [-0.15, -0.1) is 0 Å². The summed E-state index contributed by atoms with van der Waals surface area (Å²) in [7, 11) is 0. The molecule has 5 nitrogen and oxygen atoms in total. The highest BCUT2D eigenvalue weighted by Gasteiger charge is 2.25. The summed E-state index contributed by atoms with van der Waals surface area (Å²) in [5.41, 5.74) is 5.74. The second-order valence-corrected chi connectivity index (χ2v) is 6.02. The smallest absolute Gasteiger partial charge is 0.293 e. The molecule has 0 aromatic carbocycles. The summed E-state index contributed by atoms with van der Waals surface area (Å²) in [5, 5.41) is 0. The van der Waals surface area contributed by atoms with Gasteiger partial charge in [-0.1, -0.05) is 13.8 Å². The quantitative estimate of drug-likeness (QED) is 0.888. The Kier molecular flexibility index (Phi) is 5.17. The third-order valence-electron chi connectivity index (χ3n) is 3.86. The molecule has 1 aliphatic rings. The molecule has 0 aliphatic carbocycles. The maximum absolute atomic E-state index is 12.6. The maximum Gasteiger partial charge on any atom is 0.293 e. The molecule has 1 aliphatic heterocycles. The fourth-order valence-electron chi connectivity index (χ4n) is 2.94. The summed E-state index contributed by atoms with van der Waals surface area (Å²) in [6, 6.07) is 0.365. The largest absolute Gasteiger partial charge is 0.349 e. The number of piperidine rings is 1. The highest BCUT2D eigenvalue weighted by molar-refractivity contribution is 5.38. The van der Waals surface area contributed by atoms with Crippen LogP contribution in [-0.4, -0.2) is 28.7 Å². The molecule has 112 valence electrons. The fraction of sp³-hybridized carbons (Fsp3) is 0.733. The highest BCUT2D eigenvalue weighted by Crippen LogP contribution is 2.22. The molecule has 1 aromatic rings. The Morgan fingerprint density at radius 2 is 2.25 bits per heavy atom. The van der Waals surface area contributed by atoms with Crippen LogP contribution in [0, 0.1) is 5.92 Å². The topological polar surface area (TPSA) is 64.2 Å². The van der Waals surface area contributed by atoms with E-state index in [0.29, 0.717) is 24.3 Å². The van der Waals surface area contributed by atoms with E-state index in [0.717, 1.165) is 32.4 Å². The molecule has 1 aromatic heterocycles. The molecule has 0 radical (unpaired) electrons. The van der Waals surface area contributed by atoms with Crippen molar-refractivity contribution in [1.29, 1.82) is 0 Å². The van der Waals surface area contributed by atoms with Crippen LogP contribution in [0.3, 0.4) is 0 Å². The molecule has 0 bridgehead atoms. The number of anilines is 1. The monoisotopic (exact) mass is 278 g/mol. The van der Waals surface area contributed by atoms with Gasteiger partial charge in [-0.3, -0.25) is 4.79 Å². The minimum atomic E-state index is 0.0325. The zero-order chi connectivity index (χ0) is 14.5. The molecule has 5 heteroatoms. The lowest BCUT2D eigenvalue weighted by Gasteiger charge is -2.36. The van der Waals surface area contributed by atoms with Crippen LogP contribution in [0.25, 0.3) is 0 Å². The van der Waals surface area contributed by atoms with Gasteiger partial charge in [0.1, 0.15) is 0 Å². The van der Waals surface area contributed by atoms with Crippen molar-refractivity contribution in [2.45, 2.75) is 52.1 Å².